The zero-order valence-electron chi connectivity index (χ0n) is 12.1. The lowest BCUT2D eigenvalue weighted by molar-refractivity contribution is -0.156. The minimum Gasteiger partial charge on any atom is -0.458 e. The predicted octanol–water partition coefficient (Wildman–Crippen LogP) is 4.05. The first kappa shape index (κ1) is 16.4. The molecular formula is C16H20ClNO2. The van der Waals surface area contributed by atoms with Crippen molar-refractivity contribution in [1.29, 1.82) is 0 Å². The van der Waals surface area contributed by atoms with E-state index in [0.29, 0.717) is 11.4 Å². The van der Waals surface area contributed by atoms with Gasteiger partial charge in [0.1, 0.15) is 5.60 Å². The molecule has 1 atom stereocenters. The molecular weight excluding hydrogens is 274 g/mol. The van der Waals surface area contributed by atoms with Crippen LogP contribution in [0.3, 0.4) is 0 Å². The van der Waals surface area contributed by atoms with Crippen LogP contribution in [0.15, 0.2) is 41.9 Å². The van der Waals surface area contributed by atoms with Gasteiger partial charge in [-0.1, -0.05) is 29.8 Å². The summed E-state index contributed by atoms with van der Waals surface area (Å²) in [6.07, 6.45) is 3.75. The number of hydrogen-bond donors (Lipinski definition) is 0. The van der Waals surface area contributed by atoms with E-state index in [-0.39, 0.29) is 5.97 Å². The Bertz CT molecular complexity index is 486. The summed E-state index contributed by atoms with van der Waals surface area (Å²) in [4.78, 5) is 16.3. The van der Waals surface area contributed by atoms with E-state index in [1.54, 1.807) is 24.4 Å². The maximum Gasteiger partial charge on any atom is 0.331 e. The zero-order chi connectivity index (χ0) is 15.2. The van der Waals surface area contributed by atoms with Crippen LogP contribution >= 0.6 is 11.6 Å². The first-order chi connectivity index (χ1) is 9.31. The van der Waals surface area contributed by atoms with Crippen molar-refractivity contribution in [2.24, 2.45) is 4.99 Å². The Labute approximate surface area is 125 Å². The topological polar surface area (TPSA) is 38.7 Å². The van der Waals surface area contributed by atoms with Crippen molar-refractivity contribution < 1.29 is 9.53 Å². The van der Waals surface area contributed by atoms with Crippen LogP contribution in [-0.2, 0) is 9.53 Å². The fraction of sp³-hybridized carbons (Fsp3) is 0.375. The zero-order valence-corrected chi connectivity index (χ0v) is 12.9. The van der Waals surface area contributed by atoms with Gasteiger partial charge in [-0.25, -0.2) is 4.79 Å². The standard InChI is InChI=1S/C16H20ClNO2/c1-5-6-14(15(19)20-16(2,3)4)18-11-12-7-9-13(17)10-8-12/h5,7-11,14H,1,6H2,2-4H3. The molecule has 0 spiro atoms. The van der Waals surface area contributed by atoms with E-state index < -0.39 is 11.6 Å². The molecule has 0 radical (unpaired) electrons. The van der Waals surface area contributed by atoms with Crippen molar-refractivity contribution in [3.05, 3.63) is 47.5 Å². The van der Waals surface area contributed by atoms with Gasteiger partial charge in [0, 0.05) is 11.2 Å². The third-order valence-corrected chi connectivity index (χ3v) is 2.59. The van der Waals surface area contributed by atoms with E-state index >= 15 is 0 Å². The van der Waals surface area contributed by atoms with Crippen LogP contribution in [0.2, 0.25) is 5.02 Å². The van der Waals surface area contributed by atoms with Gasteiger partial charge in [0.2, 0.25) is 0 Å². The minimum atomic E-state index is -0.567. The lowest BCUT2D eigenvalue weighted by atomic mass is 10.1. The summed E-state index contributed by atoms with van der Waals surface area (Å²) >= 11 is 5.82. The lowest BCUT2D eigenvalue weighted by Gasteiger charge is -2.21. The molecule has 0 saturated heterocycles. The van der Waals surface area contributed by atoms with Gasteiger partial charge in [-0.05, 0) is 44.9 Å². The second-order valence-corrected chi connectivity index (χ2v) is 5.84. The van der Waals surface area contributed by atoms with Crippen molar-refractivity contribution in [1.82, 2.24) is 0 Å². The number of carbonyl (C=O) groups excluding carboxylic acids is 1. The molecule has 0 bridgehead atoms. The average molecular weight is 294 g/mol. The molecule has 0 fully saturated rings. The molecule has 3 nitrogen and oxygen atoms in total. The number of aliphatic imine (C=N–C) groups is 1. The minimum absolute atomic E-state index is 0.345. The highest BCUT2D eigenvalue weighted by Gasteiger charge is 2.23. The van der Waals surface area contributed by atoms with E-state index in [2.05, 4.69) is 11.6 Å². The number of rotatable bonds is 5. The second-order valence-electron chi connectivity index (χ2n) is 5.40. The van der Waals surface area contributed by atoms with Gasteiger partial charge in [0.05, 0.1) is 0 Å². The number of carbonyl (C=O) groups is 1. The maximum absolute atomic E-state index is 12.0. The van der Waals surface area contributed by atoms with Gasteiger partial charge in [-0.2, -0.15) is 0 Å². The van der Waals surface area contributed by atoms with Crippen LogP contribution in [0.4, 0.5) is 0 Å². The van der Waals surface area contributed by atoms with Crippen molar-refractivity contribution in [3.63, 3.8) is 0 Å². The summed E-state index contributed by atoms with van der Waals surface area (Å²) in [6.45, 7) is 9.14. The second kappa shape index (κ2) is 7.25. The molecule has 4 heteroatoms. The predicted molar refractivity (Wildman–Crippen MR) is 83.5 cm³/mol. The van der Waals surface area contributed by atoms with Gasteiger partial charge < -0.3 is 4.74 Å². The normalized spacial score (nSPS) is 13.2. The van der Waals surface area contributed by atoms with E-state index in [0.717, 1.165) is 5.56 Å². The molecule has 0 N–H and O–H groups in total. The number of hydrogen-bond acceptors (Lipinski definition) is 3. The number of halogens is 1. The lowest BCUT2D eigenvalue weighted by Crippen LogP contribution is -2.30. The Morgan fingerprint density at radius 2 is 2.00 bits per heavy atom. The molecule has 0 aliphatic carbocycles. The summed E-state index contributed by atoms with van der Waals surface area (Å²) in [6, 6.07) is 6.66. The largest absolute Gasteiger partial charge is 0.458 e. The number of esters is 1. The van der Waals surface area contributed by atoms with Gasteiger partial charge in [-0.3, -0.25) is 4.99 Å². The first-order valence-corrected chi connectivity index (χ1v) is 6.82. The highest BCUT2D eigenvalue weighted by molar-refractivity contribution is 6.30. The van der Waals surface area contributed by atoms with Gasteiger partial charge in [0.25, 0.3) is 0 Å². The molecule has 108 valence electrons. The van der Waals surface area contributed by atoms with Crippen LogP contribution in [0, 0.1) is 0 Å². The summed E-state index contributed by atoms with van der Waals surface area (Å²) in [7, 11) is 0. The molecule has 20 heavy (non-hydrogen) atoms. The Hall–Kier alpha value is -1.61. The Kier molecular flexibility index (Phi) is 5.96. The molecule has 0 aliphatic rings. The average Bonchev–Trinajstić information content (AvgIpc) is 2.34. The van der Waals surface area contributed by atoms with Crippen molar-refractivity contribution >= 4 is 23.8 Å². The fourth-order valence-electron chi connectivity index (χ4n) is 1.47. The highest BCUT2D eigenvalue weighted by Crippen LogP contribution is 2.13. The molecule has 0 aliphatic heterocycles. The molecule has 1 rings (SSSR count). The van der Waals surface area contributed by atoms with Crippen molar-refractivity contribution in [3.8, 4) is 0 Å². The molecule has 1 unspecified atom stereocenters. The smallest absolute Gasteiger partial charge is 0.331 e. The monoisotopic (exact) mass is 293 g/mol. The van der Waals surface area contributed by atoms with E-state index in [1.807, 2.05) is 32.9 Å². The maximum atomic E-state index is 12.0. The molecule has 0 amide bonds. The molecule has 1 aromatic carbocycles. The van der Waals surface area contributed by atoms with E-state index in [4.69, 9.17) is 16.3 Å². The van der Waals surface area contributed by atoms with Crippen LogP contribution < -0.4 is 0 Å². The van der Waals surface area contributed by atoms with Gasteiger partial charge >= 0.3 is 5.97 Å². The molecule has 0 aromatic heterocycles. The van der Waals surface area contributed by atoms with Gasteiger partial charge in [-0.15, -0.1) is 6.58 Å². The quantitative estimate of drug-likeness (QED) is 0.467. The van der Waals surface area contributed by atoms with Crippen molar-refractivity contribution in [2.75, 3.05) is 0 Å². The Morgan fingerprint density at radius 3 is 2.50 bits per heavy atom. The van der Waals surface area contributed by atoms with E-state index in [9.17, 15) is 4.79 Å². The molecule has 0 saturated carbocycles. The molecule has 1 aromatic rings. The summed E-state index contributed by atoms with van der Waals surface area (Å²) < 4.78 is 5.34. The Morgan fingerprint density at radius 1 is 1.40 bits per heavy atom. The van der Waals surface area contributed by atoms with Gasteiger partial charge in [0.15, 0.2) is 6.04 Å². The Balaban J connectivity index is 2.78. The highest BCUT2D eigenvalue weighted by atomic mass is 35.5. The number of ether oxygens (including phenoxy) is 1. The third-order valence-electron chi connectivity index (χ3n) is 2.34. The summed E-state index contributed by atoms with van der Waals surface area (Å²) in [5.74, 6) is -0.345. The van der Waals surface area contributed by atoms with E-state index in [1.165, 1.54) is 0 Å². The fourth-order valence-corrected chi connectivity index (χ4v) is 1.60. The van der Waals surface area contributed by atoms with Crippen LogP contribution in [0.5, 0.6) is 0 Å². The van der Waals surface area contributed by atoms with Crippen LogP contribution in [0.25, 0.3) is 0 Å². The van der Waals surface area contributed by atoms with Crippen LogP contribution in [-0.4, -0.2) is 23.8 Å². The number of benzene rings is 1. The van der Waals surface area contributed by atoms with Crippen molar-refractivity contribution in [2.45, 2.75) is 38.8 Å². The number of nitrogens with zero attached hydrogens (tertiary/aromatic N) is 1. The molecule has 0 heterocycles. The van der Waals surface area contributed by atoms with Crippen LogP contribution in [0.1, 0.15) is 32.8 Å². The summed E-state index contributed by atoms with van der Waals surface area (Å²) in [5, 5.41) is 0.664. The SMILES string of the molecule is C=CCC(N=Cc1ccc(Cl)cc1)C(=O)OC(C)(C)C. The summed E-state index contributed by atoms with van der Waals surface area (Å²) in [5.41, 5.74) is 0.360. The third kappa shape index (κ3) is 6.02. The first-order valence-electron chi connectivity index (χ1n) is 6.44.